The zero-order valence-electron chi connectivity index (χ0n) is 14.0. The summed E-state index contributed by atoms with van der Waals surface area (Å²) in [6.45, 7) is 4.15. The summed E-state index contributed by atoms with van der Waals surface area (Å²) in [5.74, 6) is 0.416. The standard InChI is InChI=1S/C19H20N2O3/c1-12(2)13-6-4-7-14(10-13)21(3)19(23)15-8-5-9-16-18(15)24-11-17(22)20-16/h4-10,12H,11H2,1-3H3,(H,20,22). The van der Waals surface area contributed by atoms with Crippen molar-refractivity contribution in [2.45, 2.75) is 19.8 Å². The summed E-state index contributed by atoms with van der Waals surface area (Å²) in [5, 5.41) is 2.72. The fourth-order valence-corrected chi connectivity index (χ4v) is 2.67. The Balaban J connectivity index is 1.93. The highest BCUT2D eigenvalue weighted by molar-refractivity contribution is 6.10. The molecule has 0 aliphatic carbocycles. The van der Waals surface area contributed by atoms with E-state index < -0.39 is 0 Å². The molecule has 0 unspecified atom stereocenters. The number of fused-ring (bicyclic) bond motifs is 1. The molecule has 0 spiro atoms. The number of hydrogen-bond acceptors (Lipinski definition) is 3. The molecule has 1 heterocycles. The van der Waals surface area contributed by atoms with Crippen LogP contribution in [0.5, 0.6) is 5.75 Å². The summed E-state index contributed by atoms with van der Waals surface area (Å²) in [5.41, 5.74) is 2.96. The molecule has 0 radical (unpaired) electrons. The molecule has 3 rings (SSSR count). The van der Waals surface area contributed by atoms with E-state index in [2.05, 4.69) is 25.2 Å². The van der Waals surface area contributed by atoms with Gasteiger partial charge < -0.3 is 15.0 Å². The minimum atomic E-state index is -0.218. The minimum absolute atomic E-state index is 0.0795. The molecule has 5 heteroatoms. The van der Waals surface area contributed by atoms with E-state index in [9.17, 15) is 9.59 Å². The second kappa shape index (κ2) is 6.35. The Labute approximate surface area is 141 Å². The van der Waals surface area contributed by atoms with Crippen molar-refractivity contribution in [1.29, 1.82) is 0 Å². The summed E-state index contributed by atoms with van der Waals surface area (Å²) >= 11 is 0. The van der Waals surface area contributed by atoms with Gasteiger partial charge in [-0.15, -0.1) is 0 Å². The number of rotatable bonds is 3. The smallest absolute Gasteiger partial charge is 0.262 e. The van der Waals surface area contributed by atoms with Crippen molar-refractivity contribution in [3.63, 3.8) is 0 Å². The average molecular weight is 324 g/mol. The van der Waals surface area contributed by atoms with Crippen molar-refractivity contribution in [3.8, 4) is 5.75 Å². The Morgan fingerprint density at radius 2 is 1.96 bits per heavy atom. The largest absolute Gasteiger partial charge is 0.481 e. The molecule has 0 aromatic heterocycles. The molecule has 124 valence electrons. The van der Waals surface area contributed by atoms with Crippen LogP contribution < -0.4 is 15.0 Å². The highest BCUT2D eigenvalue weighted by Gasteiger charge is 2.24. The number of anilines is 2. The third-order valence-corrected chi connectivity index (χ3v) is 4.10. The number of hydrogen-bond donors (Lipinski definition) is 1. The van der Waals surface area contributed by atoms with Gasteiger partial charge in [0.15, 0.2) is 12.4 Å². The zero-order valence-corrected chi connectivity index (χ0v) is 14.0. The molecule has 2 aromatic carbocycles. The third kappa shape index (κ3) is 2.97. The molecule has 0 saturated heterocycles. The zero-order chi connectivity index (χ0) is 17.3. The molecular formula is C19H20N2O3. The van der Waals surface area contributed by atoms with Gasteiger partial charge in [0, 0.05) is 12.7 Å². The first kappa shape index (κ1) is 16.1. The van der Waals surface area contributed by atoms with Crippen molar-refractivity contribution in [1.82, 2.24) is 0 Å². The average Bonchev–Trinajstić information content (AvgIpc) is 2.59. The second-order valence-electron chi connectivity index (χ2n) is 6.13. The van der Waals surface area contributed by atoms with E-state index in [1.54, 1.807) is 30.1 Å². The number of benzene rings is 2. The van der Waals surface area contributed by atoms with E-state index in [0.717, 1.165) is 5.69 Å². The van der Waals surface area contributed by atoms with Gasteiger partial charge >= 0.3 is 0 Å². The van der Waals surface area contributed by atoms with Gasteiger partial charge in [-0.2, -0.15) is 0 Å². The minimum Gasteiger partial charge on any atom is -0.481 e. The van der Waals surface area contributed by atoms with Gasteiger partial charge in [-0.05, 0) is 35.7 Å². The van der Waals surface area contributed by atoms with Crippen LogP contribution in [0, 0.1) is 0 Å². The Bertz CT molecular complexity index is 799. The molecule has 24 heavy (non-hydrogen) atoms. The summed E-state index contributed by atoms with van der Waals surface area (Å²) in [6, 6.07) is 13.1. The predicted molar refractivity (Wildman–Crippen MR) is 93.8 cm³/mol. The Hall–Kier alpha value is -2.82. The SMILES string of the molecule is CC(C)c1cccc(N(C)C(=O)c2cccc3c2OCC(=O)N3)c1. The predicted octanol–water partition coefficient (Wildman–Crippen LogP) is 3.42. The van der Waals surface area contributed by atoms with Crippen LogP contribution in [0.15, 0.2) is 42.5 Å². The highest BCUT2D eigenvalue weighted by Crippen LogP contribution is 2.33. The number of carbonyl (C=O) groups is 2. The van der Waals surface area contributed by atoms with Crippen LogP contribution >= 0.6 is 0 Å². The van der Waals surface area contributed by atoms with Crippen molar-refractivity contribution in [2.75, 3.05) is 23.9 Å². The summed E-state index contributed by atoms with van der Waals surface area (Å²) in [6.07, 6.45) is 0. The molecule has 0 fully saturated rings. The van der Waals surface area contributed by atoms with Crippen LogP contribution in [0.2, 0.25) is 0 Å². The first-order chi connectivity index (χ1) is 11.5. The molecule has 0 saturated carbocycles. The quantitative estimate of drug-likeness (QED) is 0.941. The summed E-state index contributed by atoms with van der Waals surface area (Å²) in [4.78, 5) is 25.9. The molecule has 1 N–H and O–H groups in total. The van der Waals surface area contributed by atoms with E-state index in [4.69, 9.17) is 4.74 Å². The summed E-state index contributed by atoms with van der Waals surface area (Å²) in [7, 11) is 1.74. The van der Waals surface area contributed by atoms with E-state index in [1.807, 2.05) is 18.2 Å². The van der Waals surface area contributed by atoms with Gasteiger partial charge in [-0.25, -0.2) is 0 Å². The molecule has 5 nitrogen and oxygen atoms in total. The fraction of sp³-hybridized carbons (Fsp3) is 0.263. The Morgan fingerprint density at radius 1 is 1.21 bits per heavy atom. The Morgan fingerprint density at radius 3 is 2.71 bits per heavy atom. The topological polar surface area (TPSA) is 58.6 Å². The van der Waals surface area contributed by atoms with Crippen LogP contribution in [0.3, 0.4) is 0 Å². The van der Waals surface area contributed by atoms with Crippen molar-refractivity contribution in [3.05, 3.63) is 53.6 Å². The van der Waals surface area contributed by atoms with E-state index in [-0.39, 0.29) is 18.4 Å². The van der Waals surface area contributed by atoms with E-state index in [0.29, 0.717) is 22.9 Å². The van der Waals surface area contributed by atoms with Crippen molar-refractivity contribution in [2.24, 2.45) is 0 Å². The van der Waals surface area contributed by atoms with E-state index in [1.165, 1.54) is 5.56 Å². The normalized spacial score (nSPS) is 13.1. The van der Waals surface area contributed by atoms with Gasteiger partial charge in [0.1, 0.15) is 0 Å². The number of carbonyl (C=O) groups excluding carboxylic acids is 2. The maximum Gasteiger partial charge on any atom is 0.262 e. The number of amides is 2. The second-order valence-corrected chi connectivity index (χ2v) is 6.13. The van der Waals surface area contributed by atoms with Gasteiger partial charge in [-0.1, -0.05) is 32.0 Å². The lowest BCUT2D eigenvalue weighted by molar-refractivity contribution is -0.118. The number of para-hydroxylation sites is 1. The van der Waals surface area contributed by atoms with Gasteiger partial charge in [-0.3, -0.25) is 9.59 Å². The maximum atomic E-state index is 12.9. The monoisotopic (exact) mass is 324 g/mol. The number of nitrogens with zero attached hydrogens (tertiary/aromatic N) is 1. The molecule has 2 aromatic rings. The maximum absolute atomic E-state index is 12.9. The summed E-state index contributed by atoms with van der Waals surface area (Å²) < 4.78 is 5.48. The van der Waals surface area contributed by atoms with Gasteiger partial charge in [0.05, 0.1) is 11.3 Å². The lowest BCUT2D eigenvalue weighted by Gasteiger charge is -2.23. The van der Waals surface area contributed by atoms with Crippen LogP contribution in [0.25, 0.3) is 0 Å². The van der Waals surface area contributed by atoms with Crippen molar-refractivity contribution >= 4 is 23.2 Å². The molecular weight excluding hydrogens is 304 g/mol. The molecule has 0 atom stereocenters. The van der Waals surface area contributed by atoms with Gasteiger partial charge in [0.25, 0.3) is 11.8 Å². The van der Waals surface area contributed by atoms with Crippen LogP contribution in [-0.2, 0) is 4.79 Å². The van der Waals surface area contributed by atoms with E-state index >= 15 is 0 Å². The Kier molecular flexibility index (Phi) is 4.25. The molecule has 0 bridgehead atoms. The first-order valence-electron chi connectivity index (χ1n) is 7.91. The lowest BCUT2D eigenvalue weighted by Crippen LogP contribution is -2.30. The fourth-order valence-electron chi connectivity index (χ4n) is 2.67. The first-order valence-corrected chi connectivity index (χ1v) is 7.91. The van der Waals surface area contributed by atoms with Crippen LogP contribution in [0.1, 0.15) is 35.7 Å². The van der Waals surface area contributed by atoms with Gasteiger partial charge in [0.2, 0.25) is 0 Å². The molecule has 1 aliphatic rings. The number of nitrogens with one attached hydrogen (secondary N) is 1. The van der Waals surface area contributed by atoms with Crippen molar-refractivity contribution < 1.29 is 14.3 Å². The number of ether oxygens (including phenoxy) is 1. The third-order valence-electron chi connectivity index (χ3n) is 4.10. The molecule has 1 aliphatic heterocycles. The van der Waals surface area contributed by atoms with Crippen LogP contribution in [-0.4, -0.2) is 25.5 Å². The van der Waals surface area contributed by atoms with Crippen LogP contribution in [0.4, 0.5) is 11.4 Å². The lowest BCUT2D eigenvalue weighted by atomic mass is 10.0. The molecule has 2 amide bonds. The highest BCUT2D eigenvalue weighted by atomic mass is 16.5.